The summed E-state index contributed by atoms with van der Waals surface area (Å²) in [6.45, 7) is 7.09. The highest BCUT2D eigenvalue weighted by molar-refractivity contribution is 5.72. The molecule has 7 nitrogen and oxygen atoms in total. The van der Waals surface area contributed by atoms with Crippen molar-refractivity contribution in [3.63, 3.8) is 0 Å². The van der Waals surface area contributed by atoms with Gasteiger partial charge >= 0.3 is 0 Å². The van der Waals surface area contributed by atoms with Gasteiger partial charge in [-0.25, -0.2) is 0 Å². The molecule has 0 aliphatic rings. The van der Waals surface area contributed by atoms with Crippen molar-refractivity contribution in [3.8, 4) is 0 Å². The van der Waals surface area contributed by atoms with E-state index in [0.717, 1.165) is 33.6 Å². The number of aliphatic hydroxyl groups is 5. The van der Waals surface area contributed by atoms with E-state index in [4.69, 9.17) is 10.8 Å². The predicted octanol–water partition coefficient (Wildman–Crippen LogP) is -0.625. The molecule has 0 aliphatic carbocycles. The van der Waals surface area contributed by atoms with E-state index < -0.39 is 31.0 Å². The second-order valence-electron chi connectivity index (χ2n) is 6.44. The lowest BCUT2D eigenvalue weighted by Gasteiger charge is -2.32. The fraction of sp³-hybridized carbons (Fsp3) is 0.647. The molecule has 1 aromatic rings. The molecule has 0 spiro atoms. The van der Waals surface area contributed by atoms with Crippen LogP contribution in [0.25, 0.3) is 0 Å². The highest BCUT2D eigenvalue weighted by atomic mass is 16.4. The third kappa shape index (κ3) is 3.99. The van der Waals surface area contributed by atoms with Crippen molar-refractivity contribution in [1.82, 2.24) is 0 Å². The van der Waals surface area contributed by atoms with Gasteiger partial charge in [-0.05, 0) is 49.9 Å². The van der Waals surface area contributed by atoms with Crippen LogP contribution >= 0.6 is 0 Å². The van der Waals surface area contributed by atoms with Gasteiger partial charge in [0.2, 0.25) is 0 Å². The Bertz CT molecular complexity index is 550. The Morgan fingerprint density at radius 2 is 1.25 bits per heavy atom. The van der Waals surface area contributed by atoms with Crippen LogP contribution in [0.15, 0.2) is 0 Å². The quantitative estimate of drug-likeness (QED) is 0.364. The summed E-state index contributed by atoms with van der Waals surface area (Å²) in [6.07, 6.45) is -6.02. The van der Waals surface area contributed by atoms with Gasteiger partial charge in [0.05, 0.1) is 12.7 Å². The van der Waals surface area contributed by atoms with E-state index in [1.165, 1.54) is 0 Å². The highest BCUT2D eigenvalue weighted by Crippen LogP contribution is 2.34. The summed E-state index contributed by atoms with van der Waals surface area (Å²) in [6, 6.07) is 0. The molecule has 0 radical (unpaired) electrons. The number of benzene rings is 1. The van der Waals surface area contributed by atoms with Crippen molar-refractivity contribution in [1.29, 1.82) is 0 Å². The molecule has 0 amide bonds. The summed E-state index contributed by atoms with van der Waals surface area (Å²) in [5.74, 6) is 0. The average molecular weight is 342 g/mol. The second-order valence-corrected chi connectivity index (χ2v) is 6.44. The Morgan fingerprint density at radius 3 is 1.67 bits per heavy atom. The first-order chi connectivity index (χ1) is 11.0. The number of nitrogens with zero attached hydrogens (tertiary/aromatic N) is 1. The average Bonchev–Trinajstić information content (AvgIpc) is 2.56. The molecule has 1 aromatic carbocycles. The van der Waals surface area contributed by atoms with Gasteiger partial charge < -0.3 is 36.2 Å². The molecule has 138 valence electrons. The third-order valence-corrected chi connectivity index (χ3v) is 4.81. The largest absolute Gasteiger partial charge is 0.398 e. The van der Waals surface area contributed by atoms with Crippen LogP contribution in [0.4, 0.5) is 11.4 Å². The number of rotatable bonds is 7. The Morgan fingerprint density at radius 1 is 0.833 bits per heavy atom. The first-order valence-corrected chi connectivity index (χ1v) is 7.94. The third-order valence-electron chi connectivity index (χ3n) is 4.81. The van der Waals surface area contributed by atoms with E-state index in [9.17, 15) is 20.4 Å². The molecule has 1 rings (SSSR count). The number of nitrogens with two attached hydrogens (primary N) is 1. The molecule has 7 N–H and O–H groups in total. The van der Waals surface area contributed by atoms with Gasteiger partial charge in [-0.3, -0.25) is 0 Å². The summed E-state index contributed by atoms with van der Waals surface area (Å²) >= 11 is 0. The minimum Gasteiger partial charge on any atom is -0.398 e. The first kappa shape index (κ1) is 20.7. The van der Waals surface area contributed by atoms with Gasteiger partial charge in [-0.15, -0.1) is 0 Å². The molecular weight excluding hydrogens is 312 g/mol. The van der Waals surface area contributed by atoms with Gasteiger partial charge in [0.15, 0.2) is 0 Å². The number of nitrogen functional groups attached to an aromatic ring is 1. The van der Waals surface area contributed by atoms with Crippen LogP contribution in [0.5, 0.6) is 0 Å². The minimum absolute atomic E-state index is 0.0425. The van der Waals surface area contributed by atoms with E-state index in [1.807, 2.05) is 27.7 Å². The van der Waals surface area contributed by atoms with E-state index in [-0.39, 0.29) is 6.54 Å². The van der Waals surface area contributed by atoms with E-state index >= 15 is 0 Å². The van der Waals surface area contributed by atoms with Crippen LogP contribution < -0.4 is 10.6 Å². The lowest BCUT2D eigenvalue weighted by atomic mass is 9.95. The number of hydrogen-bond donors (Lipinski definition) is 6. The lowest BCUT2D eigenvalue weighted by molar-refractivity contribution is -0.112. The molecule has 0 saturated heterocycles. The summed E-state index contributed by atoms with van der Waals surface area (Å²) in [5, 5.41) is 48.1. The van der Waals surface area contributed by atoms with Crippen molar-refractivity contribution in [2.45, 2.75) is 52.1 Å². The van der Waals surface area contributed by atoms with Crippen LogP contribution in [-0.2, 0) is 0 Å². The molecule has 4 unspecified atom stereocenters. The Kier molecular flexibility index (Phi) is 7.00. The maximum Gasteiger partial charge on any atom is 0.111 e. The SMILES string of the molecule is Cc1c(C)c(N(C)CC(O)C(O)C(O)C(O)CO)c(C)c(C)c1N. The summed E-state index contributed by atoms with van der Waals surface area (Å²) in [5.41, 5.74) is 11.6. The van der Waals surface area contributed by atoms with Crippen molar-refractivity contribution < 1.29 is 25.5 Å². The zero-order valence-corrected chi connectivity index (χ0v) is 15.0. The lowest BCUT2D eigenvalue weighted by Crippen LogP contribution is -2.49. The minimum atomic E-state index is -1.63. The second kappa shape index (κ2) is 8.13. The van der Waals surface area contributed by atoms with Crippen LogP contribution in [-0.4, -0.2) is 70.1 Å². The molecule has 0 bridgehead atoms. The van der Waals surface area contributed by atoms with Gasteiger partial charge in [0, 0.05) is 25.0 Å². The van der Waals surface area contributed by atoms with Gasteiger partial charge in [-0.2, -0.15) is 0 Å². The van der Waals surface area contributed by atoms with Crippen LogP contribution in [0.1, 0.15) is 22.3 Å². The number of likely N-dealkylation sites (N-methyl/N-ethyl adjacent to an activating group) is 1. The van der Waals surface area contributed by atoms with Crippen LogP contribution in [0.2, 0.25) is 0 Å². The fourth-order valence-electron chi connectivity index (χ4n) is 2.94. The summed E-state index contributed by atoms with van der Waals surface area (Å²) < 4.78 is 0. The maximum absolute atomic E-state index is 10.2. The standard InChI is InChI=1S/C17H30N2O5/c1-8-10(3)15(11(4)9(2)14(8)18)19(5)6-12(21)16(23)17(24)13(22)7-20/h12-13,16-17,20-24H,6-7,18H2,1-5H3. The number of aliphatic hydroxyl groups excluding tert-OH is 5. The zero-order chi connectivity index (χ0) is 18.8. The van der Waals surface area contributed by atoms with Gasteiger partial charge in [0.1, 0.15) is 18.3 Å². The topological polar surface area (TPSA) is 130 Å². The Labute approximate surface area is 143 Å². The molecule has 7 heteroatoms. The van der Waals surface area contributed by atoms with Crippen LogP contribution in [0, 0.1) is 27.7 Å². The molecule has 0 saturated carbocycles. The summed E-state index contributed by atoms with van der Waals surface area (Å²) in [7, 11) is 1.77. The molecule has 0 fully saturated rings. The zero-order valence-electron chi connectivity index (χ0n) is 15.0. The molecule has 0 aliphatic heterocycles. The van der Waals surface area contributed by atoms with E-state index in [2.05, 4.69) is 0 Å². The van der Waals surface area contributed by atoms with Crippen LogP contribution in [0.3, 0.4) is 0 Å². The van der Waals surface area contributed by atoms with Crippen molar-refractivity contribution in [3.05, 3.63) is 22.3 Å². The number of anilines is 2. The predicted molar refractivity (Wildman–Crippen MR) is 94.2 cm³/mol. The first-order valence-electron chi connectivity index (χ1n) is 7.94. The molecule has 0 aromatic heterocycles. The smallest absolute Gasteiger partial charge is 0.111 e. The molecule has 4 atom stereocenters. The van der Waals surface area contributed by atoms with Gasteiger partial charge in [-0.1, -0.05) is 0 Å². The summed E-state index contributed by atoms with van der Waals surface area (Å²) in [4.78, 5) is 1.79. The van der Waals surface area contributed by atoms with Crippen molar-refractivity contribution >= 4 is 11.4 Å². The Balaban J connectivity index is 3.02. The molecular formula is C17H30N2O5. The highest BCUT2D eigenvalue weighted by Gasteiger charge is 2.31. The normalized spacial score (nSPS) is 16.6. The van der Waals surface area contributed by atoms with E-state index in [0.29, 0.717) is 0 Å². The van der Waals surface area contributed by atoms with Gasteiger partial charge in [0.25, 0.3) is 0 Å². The fourth-order valence-corrected chi connectivity index (χ4v) is 2.94. The molecule has 24 heavy (non-hydrogen) atoms. The van der Waals surface area contributed by atoms with Crippen molar-refractivity contribution in [2.24, 2.45) is 0 Å². The molecule has 0 heterocycles. The van der Waals surface area contributed by atoms with Crippen molar-refractivity contribution in [2.75, 3.05) is 30.8 Å². The maximum atomic E-state index is 10.2. The Hall–Kier alpha value is -1.38. The number of hydrogen-bond acceptors (Lipinski definition) is 7. The monoisotopic (exact) mass is 342 g/mol. The van der Waals surface area contributed by atoms with E-state index in [1.54, 1.807) is 11.9 Å².